The molecule has 2 aromatic heterocycles. The van der Waals surface area contributed by atoms with Crippen molar-refractivity contribution in [2.45, 2.75) is 63.0 Å². The van der Waals surface area contributed by atoms with Crippen LogP contribution < -0.4 is 11.2 Å². The Morgan fingerprint density at radius 3 is 2.78 bits per heavy atom. The Labute approximate surface area is 154 Å². The zero-order valence-electron chi connectivity index (χ0n) is 15.0. The van der Waals surface area contributed by atoms with Crippen LogP contribution in [-0.4, -0.2) is 47.5 Å². The molecule has 10 heteroatoms. The maximum atomic E-state index is 12.1. The predicted octanol–water partition coefficient (Wildman–Crippen LogP) is -0.281. The highest BCUT2D eigenvalue weighted by Gasteiger charge is 2.51. The van der Waals surface area contributed by atoms with E-state index in [9.17, 15) is 19.8 Å². The Kier molecular flexibility index (Phi) is 4.49. The number of aliphatic hydroxyl groups excluding tert-OH is 2. The van der Waals surface area contributed by atoms with E-state index in [-0.39, 0.29) is 6.42 Å². The molecule has 3 N–H and O–H groups in total. The van der Waals surface area contributed by atoms with Gasteiger partial charge in [-0.3, -0.25) is 14.3 Å². The lowest BCUT2D eigenvalue weighted by molar-refractivity contribution is -0.187. The van der Waals surface area contributed by atoms with E-state index < -0.39 is 35.9 Å². The molecule has 146 valence electrons. The predicted molar refractivity (Wildman–Crippen MR) is 93.1 cm³/mol. The zero-order valence-corrected chi connectivity index (χ0v) is 15.0. The van der Waals surface area contributed by atoms with Crippen LogP contribution in [-0.2, 0) is 10.5 Å². The molecule has 0 radical (unpaired) electrons. The second kappa shape index (κ2) is 6.70. The van der Waals surface area contributed by atoms with Gasteiger partial charge in [0.05, 0.1) is 18.5 Å². The molecule has 1 saturated carbocycles. The number of ether oxygens (including phenoxy) is 1. The lowest BCUT2D eigenvalue weighted by Crippen LogP contribution is -2.46. The first-order chi connectivity index (χ1) is 12.9. The number of H-pyrrole nitrogens is 1. The van der Waals surface area contributed by atoms with Gasteiger partial charge in [0.25, 0.3) is 5.56 Å². The minimum Gasteiger partial charge on any atom is -0.391 e. The molecular weight excluding hydrogens is 354 g/mol. The van der Waals surface area contributed by atoms with Gasteiger partial charge >= 0.3 is 5.69 Å². The first-order valence-corrected chi connectivity index (χ1v) is 9.16. The van der Waals surface area contributed by atoms with Crippen molar-refractivity contribution >= 4 is 0 Å². The van der Waals surface area contributed by atoms with Crippen molar-refractivity contribution in [2.75, 3.05) is 6.61 Å². The molecule has 10 nitrogen and oxygen atoms in total. The molecule has 1 aliphatic carbocycles. The fourth-order valence-corrected chi connectivity index (χ4v) is 4.00. The first-order valence-electron chi connectivity index (χ1n) is 9.16. The maximum absolute atomic E-state index is 12.1. The minimum absolute atomic E-state index is 0.0601. The summed E-state index contributed by atoms with van der Waals surface area (Å²) in [6.07, 6.45) is 5.59. The molecule has 3 heterocycles. The molecule has 3 atom stereocenters. The molecule has 0 amide bonds. The normalized spacial score (nSPS) is 28.9. The Morgan fingerprint density at radius 2 is 2.07 bits per heavy atom. The number of hydrogen-bond acceptors (Lipinski definition) is 7. The summed E-state index contributed by atoms with van der Waals surface area (Å²) < 4.78 is 8.51. The van der Waals surface area contributed by atoms with Crippen molar-refractivity contribution in [1.82, 2.24) is 24.5 Å². The lowest BCUT2D eigenvalue weighted by Gasteiger charge is -2.29. The summed E-state index contributed by atoms with van der Waals surface area (Å²) in [5, 5.41) is 29.0. The van der Waals surface area contributed by atoms with Crippen molar-refractivity contribution in [3.05, 3.63) is 44.5 Å². The highest BCUT2D eigenvalue weighted by atomic mass is 16.6. The average molecular weight is 377 g/mol. The van der Waals surface area contributed by atoms with Gasteiger partial charge in [-0.2, -0.15) is 0 Å². The van der Waals surface area contributed by atoms with Gasteiger partial charge in [-0.1, -0.05) is 18.1 Å². The SMILES string of the molecule is Cc1cn([C@H]2C[C@H](O)[C@](CO)(n3cc(C4CCCC4)nn3)O2)c(=O)[nH]c1=O. The molecule has 0 bridgehead atoms. The van der Waals surface area contributed by atoms with Crippen LogP contribution in [0.4, 0.5) is 0 Å². The van der Waals surface area contributed by atoms with Gasteiger partial charge in [0.2, 0.25) is 5.72 Å². The average Bonchev–Trinajstić information content (AvgIpc) is 3.37. The van der Waals surface area contributed by atoms with Gasteiger partial charge in [-0.25, -0.2) is 9.48 Å². The first kappa shape index (κ1) is 18.1. The third-order valence-corrected chi connectivity index (χ3v) is 5.64. The van der Waals surface area contributed by atoms with Crippen LogP contribution >= 0.6 is 0 Å². The molecule has 27 heavy (non-hydrogen) atoms. The second-order valence-corrected chi connectivity index (χ2v) is 7.37. The summed E-state index contributed by atoms with van der Waals surface area (Å²) in [7, 11) is 0. The molecule has 0 aromatic carbocycles. The molecule has 2 aromatic rings. The Balaban J connectivity index is 1.66. The minimum atomic E-state index is -1.53. The Bertz CT molecular complexity index is 944. The van der Waals surface area contributed by atoms with Gasteiger partial charge in [0.1, 0.15) is 12.3 Å². The third-order valence-electron chi connectivity index (χ3n) is 5.64. The van der Waals surface area contributed by atoms with Crippen LogP contribution in [0.2, 0.25) is 0 Å². The number of aliphatic hydroxyl groups is 2. The number of rotatable bonds is 4. The highest BCUT2D eigenvalue weighted by Crippen LogP contribution is 2.40. The van der Waals surface area contributed by atoms with E-state index in [0.717, 1.165) is 31.4 Å². The second-order valence-electron chi connectivity index (χ2n) is 7.37. The van der Waals surface area contributed by atoms with Gasteiger partial charge in [-0.15, -0.1) is 5.10 Å². The van der Waals surface area contributed by atoms with Crippen molar-refractivity contribution in [3.8, 4) is 0 Å². The number of aryl methyl sites for hydroxylation is 1. The topological polar surface area (TPSA) is 135 Å². The van der Waals surface area contributed by atoms with E-state index in [4.69, 9.17) is 4.74 Å². The molecule has 4 rings (SSSR count). The Hall–Kier alpha value is -2.30. The van der Waals surface area contributed by atoms with Crippen LogP contribution in [0.3, 0.4) is 0 Å². The molecule has 1 saturated heterocycles. The van der Waals surface area contributed by atoms with Crippen molar-refractivity contribution < 1.29 is 14.9 Å². The van der Waals surface area contributed by atoms with Gasteiger partial charge in [0.15, 0.2) is 0 Å². The van der Waals surface area contributed by atoms with Crippen molar-refractivity contribution in [3.63, 3.8) is 0 Å². The maximum Gasteiger partial charge on any atom is 0.330 e. The summed E-state index contributed by atoms with van der Waals surface area (Å²) in [5.74, 6) is 0.327. The quantitative estimate of drug-likeness (QED) is 0.667. The monoisotopic (exact) mass is 377 g/mol. The van der Waals surface area contributed by atoms with E-state index in [1.54, 1.807) is 13.1 Å². The fourth-order valence-electron chi connectivity index (χ4n) is 4.00. The smallest absolute Gasteiger partial charge is 0.330 e. The number of nitrogens with one attached hydrogen (secondary N) is 1. The van der Waals surface area contributed by atoms with E-state index in [1.165, 1.54) is 15.4 Å². The standard InChI is InChI=1S/C17H23N5O5/c1-10-7-21(16(26)18-15(10)25)14-6-13(24)17(9-23,27-14)22-8-12(19-20-22)11-4-2-3-5-11/h7-8,11,13-14,23-24H,2-6,9H2,1H3,(H,18,25,26)/t13-,14+,17+/m0/s1. The summed E-state index contributed by atoms with van der Waals surface area (Å²) >= 11 is 0. The highest BCUT2D eigenvalue weighted by molar-refractivity contribution is 5.07. The van der Waals surface area contributed by atoms with E-state index in [1.807, 2.05) is 0 Å². The summed E-state index contributed by atoms with van der Waals surface area (Å²) in [4.78, 5) is 25.9. The molecule has 0 spiro atoms. The van der Waals surface area contributed by atoms with Crippen molar-refractivity contribution in [2.24, 2.45) is 0 Å². The van der Waals surface area contributed by atoms with Crippen LogP contribution in [0.5, 0.6) is 0 Å². The van der Waals surface area contributed by atoms with E-state index in [2.05, 4.69) is 15.3 Å². The van der Waals surface area contributed by atoms with Crippen LogP contribution in [0.15, 0.2) is 22.0 Å². The molecular formula is C17H23N5O5. The fraction of sp³-hybridized carbons (Fsp3) is 0.647. The number of aromatic amines is 1. The number of aromatic nitrogens is 5. The van der Waals surface area contributed by atoms with E-state index >= 15 is 0 Å². The molecule has 1 aliphatic heterocycles. The summed E-state index contributed by atoms with van der Waals surface area (Å²) in [6.45, 7) is 1.04. The summed E-state index contributed by atoms with van der Waals surface area (Å²) in [5.41, 5.74) is -1.48. The number of hydrogen-bond donors (Lipinski definition) is 3. The largest absolute Gasteiger partial charge is 0.391 e. The van der Waals surface area contributed by atoms with Crippen LogP contribution in [0, 0.1) is 6.92 Å². The van der Waals surface area contributed by atoms with E-state index in [0.29, 0.717) is 11.5 Å². The van der Waals surface area contributed by atoms with Crippen LogP contribution in [0.25, 0.3) is 0 Å². The number of nitrogens with zero attached hydrogens (tertiary/aromatic N) is 4. The van der Waals surface area contributed by atoms with Gasteiger partial charge < -0.3 is 14.9 Å². The molecule has 2 fully saturated rings. The molecule has 0 unspecified atom stereocenters. The lowest BCUT2D eigenvalue weighted by atomic mass is 10.0. The van der Waals surface area contributed by atoms with Crippen LogP contribution in [0.1, 0.15) is 55.5 Å². The van der Waals surface area contributed by atoms with Gasteiger partial charge in [-0.05, 0) is 19.8 Å². The summed E-state index contributed by atoms with van der Waals surface area (Å²) in [6, 6.07) is 0. The van der Waals surface area contributed by atoms with Gasteiger partial charge in [0, 0.05) is 24.1 Å². The molecule has 2 aliphatic rings. The third kappa shape index (κ3) is 2.93. The Morgan fingerprint density at radius 1 is 1.33 bits per heavy atom. The zero-order chi connectivity index (χ0) is 19.2. The van der Waals surface area contributed by atoms with Crippen molar-refractivity contribution in [1.29, 1.82) is 0 Å².